The van der Waals surface area contributed by atoms with Gasteiger partial charge >= 0.3 is 0 Å². The van der Waals surface area contributed by atoms with E-state index in [4.69, 9.17) is 5.11 Å². The second-order valence-corrected chi connectivity index (χ2v) is 4.78. The molecular formula is C10H9BrOS. The highest BCUT2D eigenvalue weighted by atomic mass is 79.9. The second-order valence-electron chi connectivity index (χ2n) is 3.02. The average molecular weight is 257 g/mol. The molecule has 13 heavy (non-hydrogen) atoms. The van der Waals surface area contributed by atoms with E-state index in [0.717, 1.165) is 10.0 Å². The molecule has 0 amide bonds. The van der Waals surface area contributed by atoms with Crippen LogP contribution in [0.1, 0.15) is 11.1 Å². The monoisotopic (exact) mass is 256 g/mol. The number of benzene rings is 1. The van der Waals surface area contributed by atoms with Crippen LogP contribution < -0.4 is 0 Å². The standard InChI is InChI=1S/C10H9BrOS/c1-6-5-13-10-3-9(11)7(4-12)2-8(6)10/h2-3,5,12H,4H2,1H3. The third-order valence-electron chi connectivity index (χ3n) is 2.11. The van der Waals surface area contributed by atoms with Gasteiger partial charge in [0.25, 0.3) is 0 Å². The van der Waals surface area contributed by atoms with Crippen molar-refractivity contribution in [2.45, 2.75) is 13.5 Å². The van der Waals surface area contributed by atoms with Crippen molar-refractivity contribution < 1.29 is 5.11 Å². The Kier molecular flexibility index (Phi) is 2.41. The average Bonchev–Trinajstić information content (AvgIpc) is 2.46. The zero-order valence-electron chi connectivity index (χ0n) is 7.17. The molecule has 0 aliphatic rings. The van der Waals surface area contributed by atoms with Gasteiger partial charge in [0, 0.05) is 9.17 Å². The molecule has 1 heterocycles. The number of thiophene rings is 1. The third-order valence-corrected chi connectivity index (χ3v) is 3.91. The van der Waals surface area contributed by atoms with Gasteiger partial charge in [-0.15, -0.1) is 11.3 Å². The molecule has 1 nitrogen and oxygen atoms in total. The van der Waals surface area contributed by atoms with Crippen LogP contribution in [0.5, 0.6) is 0 Å². The first kappa shape index (κ1) is 9.19. The Labute approximate surface area is 89.1 Å². The van der Waals surface area contributed by atoms with Crippen LogP contribution in [0.25, 0.3) is 10.1 Å². The predicted octanol–water partition coefficient (Wildman–Crippen LogP) is 3.46. The van der Waals surface area contributed by atoms with E-state index in [2.05, 4.69) is 34.3 Å². The van der Waals surface area contributed by atoms with E-state index in [-0.39, 0.29) is 6.61 Å². The summed E-state index contributed by atoms with van der Waals surface area (Å²) in [6.07, 6.45) is 0. The summed E-state index contributed by atoms with van der Waals surface area (Å²) in [7, 11) is 0. The van der Waals surface area contributed by atoms with E-state index >= 15 is 0 Å². The van der Waals surface area contributed by atoms with Crippen LogP contribution in [0, 0.1) is 6.92 Å². The van der Waals surface area contributed by atoms with Gasteiger partial charge in [-0.05, 0) is 40.9 Å². The van der Waals surface area contributed by atoms with Gasteiger partial charge in [-0.3, -0.25) is 0 Å². The Morgan fingerprint density at radius 2 is 2.23 bits per heavy atom. The first-order valence-corrected chi connectivity index (χ1v) is 5.66. The van der Waals surface area contributed by atoms with Crippen molar-refractivity contribution in [3.63, 3.8) is 0 Å². The number of fused-ring (bicyclic) bond motifs is 1. The van der Waals surface area contributed by atoms with E-state index < -0.39 is 0 Å². The summed E-state index contributed by atoms with van der Waals surface area (Å²) in [5.74, 6) is 0. The Hall–Kier alpha value is -0.380. The molecule has 0 bridgehead atoms. The highest BCUT2D eigenvalue weighted by molar-refractivity contribution is 9.10. The quantitative estimate of drug-likeness (QED) is 0.829. The largest absolute Gasteiger partial charge is 0.392 e. The number of rotatable bonds is 1. The lowest BCUT2D eigenvalue weighted by Crippen LogP contribution is -1.84. The molecule has 0 atom stereocenters. The molecule has 0 aliphatic heterocycles. The maximum atomic E-state index is 9.08. The molecular weight excluding hydrogens is 248 g/mol. The van der Waals surface area contributed by atoms with Crippen molar-refractivity contribution in [3.8, 4) is 0 Å². The van der Waals surface area contributed by atoms with Crippen molar-refractivity contribution in [2.24, 2.45) is 0 Å². The molecule has 0 spiro atoms. The summed E-state index contributed by atoms with van der Waals surface area (Å²) < 4.78 is 2.26. The molecule has 2 aromatic rings. The number of hydrogen-bond acceptors (Lipinski definition) is 2. The lowest BCUT2D eigenvalue weighted by Gasteiger charge is -2.01. The van der Waals surface area contributed by atoms with E-state index in [1.165, 1.54) is 15.6 Å². The SMILES string of the molecule is Cc1csc2cc(Br)c(CO)cc12. The lowest BCUT2D eigenvalue weighted by molar-refractivity contribution is 0.281. The number of halogens is 1. The Morgan fingerprint density at radius 3 is 2.92 bits per heavy atom. The van der Waals surface area contributed by atoms with Gasteiger partial charge in [0.2, 0.25) is 0 Å². The van der Waals surface area contributed by atoms with Crippen molar-refractivity contribution in [3.05, 3.63) is 33.1 Å². The smallest absolute Gasteiger partial charge is 0.0693 e. The fourth-order valence-corrected chi connectivity index (χ4v) is 2.93. The second kappa shape index (κ2) is 3.40. The molecule has 1 aromatic carbocycles. The fourth-order valence-electron chi connectivity index (χ4n) is 1.34. The summed E-state index contributed by atoms with van der Waals surface area (Å²) in [4.78, 5) is 0. The fraction of sp³-hybridized carbons (Fsp3) is 0.200. The van der Waals surface area contributed by atoms with Crippen LogP contribution in [0.15, 0.2) is 22.0 Å². The van der Waals surface area contributed by atoms with Crippen molar-refractivity contribution in [1.29, 1.82) is 0 Å². The van der Waals surface area contributed by atoms with Gasteiger partial charge in [-0.1, -0.05) is 15.9 Å². The summed E-state index contributed by atoms with van der Waals surface area (Å²) in [5.41, 5.74) is 2.23. The maximum absolute atomic E-state index is 9.08. The van der Waals surface area contributed by atoms with E-state index in [1.54, 1.807) is 11.3 Å². The van der Waals surface area contributed by atoms with Gasteiger partial charge < -0.3 is 5.11 Å². The topological polar surface area (TPSA) is 20.2 Å². The molecule has 68 valence electrons. The van der Waals surface area contributed by atoms with Crippen molar-refractivity contribution in [2.75, 3.05) is 0 Å². The Balaban J connectivity index is 2.77. The Morgan fingerprint density at radius 1 is 1.46 bits per heavy atom. The number of hydrogen-bond donors (Lipinski definition) is 1. The van der Waals surface area contributed by atoms with E-state index in [0.29, 0.717) is 0 Å². The molecule has 3 heteroatoms. The van der Waals surface area contributed by atoms with Gasteiger partial charge in [0.1, 0.15) is 0 Å². The maximum Gasteiger partial charge on any atom is 0.0693 e. The normalized spacial score (nSPS) is 11.0. The van der Waals surface area contributed by atoms with Crippen molar-refractivity contribution in [1.82, 2.24) is 0 Å². The first-order chi connectivity index (χ1) is 6.22. The summed E-state index contributed by atoms with van der Waals surface area (Å²) >= 11 is 5.17. The molecule has 1 N–H and O–H groups in total. The number of aliphatic hydroxyl groups is 1. The van der Waals surface area contributed by atoms with Crippen LogP contribution in [-0.4, -0.2) is 5.11 Å². The van der Waals surface area contributed by atoms with Crippen LogP contribution in [0.3, 0.4) is 0 Å². The van der Waals surface area contributed by atoms with Crippen LogP contribution >= 0.6 is 27.3 Å². The highest BCUT2D eigenvalue weighted by Crippen LogP contribution is 2.30. The number of aryl methyl sites for hydroxylation is 1. The van der Waals surface area contributed by atoms with E-state index in [9.17, 15) is 0 Å². The molecule has 0 saturated heterocycles. The van der Waals surface area contributed by atoms with Gasteiger partial charge in [-0.25, -0.2) is 0 Å². The molecule has 0 fully saturated rings. The minimum atomic E-state index is 0.0891. The van der Waals surface area contributed by atoms with Crippen molar-refractivity contribution >= 4 is 37.4 Å². The summed E-state index contributed by atoms with van der Waals surface area (Å²) in [6.45, 7) is 2.18. The third kappa shape index (κ3) is 1.52. The van der Waals surface area contributed by atoms with Gasteiger partial charge in [0.15, 0.2) is 0 Å². The lowest BCUT2D eigenvalue weighted by atomic mass is 10.1. The van der Waals surface area contributed by atoms with Gasteiger partial charge in [-0.2, -0.15) is 0 Å². The van der Waals surface area contributed by atoms with E-state index in [1.807, 2.05) is 6.07 Å². The minimum absolute atomic E-state index is 0.0891. The zero-order chi connectivity index (χ0) is 9.42. The van der Waals surface area contributed by atoms with Crippen LogP contribution in [-0.2, 0) is 6.61 Å². The van der Waals surface area contributed by atoms with Crippen LogP contribution in [0.2, 0.25) is 0 Å². The molecule has 0 aliphatic carbocycles. The number of aliphatic hydroxyl groups excluding tert-OH is 1. The molecule has 0 radical (unpaired) electrons. The molecule has 2 rings (SSSR count). The first-order valence-electron chi connectivity index (χ1n) is 3.99. The zero-order valence-corrected chi connectivity index (χ0v) is 9.58. The minimum Gasteiger partial charge on any atom is -0.392 e. The highest BCUT2D eigenvalue weighted by Gasteiger charge is 2.04. The molecule has 0 unspecified atom stereocenters. The molecule has 0 saturated carbocycles. The summed E-state index contributed by atoms with van der Waals surface area (Å²) in [5, 5.41) is 12.5. The molecule has 1 aromatic heterocycles. The predicted molar refractivity (Wildman–Crippen MR) is 60.2 cm³/mol. The van der Waals surface area contributed by atoms with Gasteiger partial charge in [0.05, 0.1) is 6.61 Å². The Bertz CT molecular complexity index is 447. The summed E-state index contributed by atoms with van der Waals surface area (Å²) in [6, 6.07) is 4.11. The van der Waals surface area contributed by atoms with Crippen LogP contribution in [0.4, 0.5) is 0 Å².